The van der Waals surface area contributed by atoms with Crippen LogP contribution in [0.1, 0.15) is 31.5 Å². The Kier molecular flexibility index (Phi) is 5.07. The van der Waals surface area contributed by atoms with Crippen molar-refractivity contribution in [2.45, 2.75) is 40.7 Å². The molecule has 6 heteroatoms. The minimum atomic E-state index is 0.661. The number of hydrogen-bond acceptors (Lipinski definition) is 5. The van der Waals surface area contributed by atoms with E-state index in [2.05, 4.69) is 39.2 Å². The first-order valence-electron chi connectivity index (χ1n) is 8.59. The monoisotopic (exact) mass is 336 g/mol. The lowest BCUT2D eigenvalue weighted by Crippen LogP contribution is -2.05. The number of aromatic nitrogens is 5. The summed E-state index contributed by atoms with van der Waals surface area (Å²) in [4.78, 5) is 13.4. The summed E-state index contributed by atoms with van der Waals surface area (Å²) in [6.45, 7) is 9.36. The van der Waals surface area contributed by atoms with Crippen molar-refractivity contribution in [1.82, 2.24) is 24.7 Å². The second-order valence-corrected chi connectivity index (χ2v) is 6.62. The van der Waals surface area contributed by atoms with Crippen molar-refractivity contribution < 1.29 is 0 Å². The molecule has 0 atom stereocenters. The molecule has 3 aromatic rings. The van der Waals surface area contributed by atoms with Gasteiger partial charge in [0.05, 0.1) is 0 Å². The first-order chi connectivity index (χ1) is 12.0. The van der Waals surface area contributed by atoms with Crippen LogP contribution in [0, 0.1) is 19.8 Å². The topological polar surface area (TPSA) is 68.5 Å². The van der Waals surface area contributed by atoms with Gasteiger partial charge < -0.3 is 5.32 Å². The third-order valence-electron chi connectivity index (χ3n) is 4.13. The quantitative estimate of drug-likeness (QED) is 0.732. The predicted octanol–water partition coefficient (Wildman–Crippen LogP) is 4.14. The predicted molar refractivity (Wildman–Crippen MR) is 99.7 cm³/mol. The van der Waals surface area contributed by atoms with Crippen LogP contribution in [0.4, 0.5) is 11.6 Å². The Hall–Kier alpha value is -2.76. The summed E-state index contributed by atoms with van der Waals surface area (Å²) in [5.41, 5.74) is 2.86. The van der Waals surface area contributed by atoms with E-state index < -0.39 is 0 Å². The molecule has 0 amide bonds. The van der Waals surface area contributed by atoms with E-state index in [0.29, 0.717) is 11.7 Å². The second-order valence-electron chi connectivity index (χ2n) is 6.62. The zero-order chi connectivity index (χ0) is 17.8. The maximum Gasteiger partial charge on any atom is 0.163 e. The minimum Gasteiger partial charge on any atom is -0.323 e. The van der Waals surface area contributed by atoms with E-state index in [0.717, 1.165) is 41.4 Å². The Morgan fingerprint density at radius 2 is 2.00 bits per heavy atom. The van der Waals surface area contributed by atoms with Gasteiger partial charge in [-0.05, 0) is 38.3 Å². The Morgan fingerprint density at radius 3 is 2.72 bits per heavy atom. The van der Waals surface area contributed by atoms with Crippen LogP contribution < -0.4 is 5.32 Å². The molecule has 0 saturated carbocycles. The van der Waals surface area contributed by atoms with E-state index in [9.17, 15) is 0 Å². The van der Waals surface area contributed by atoms with Crippen molar-refractivity contribution in [3.05, 3.63) is 48.0 Å². The highest BCUT2D eigenvalue weighted by molar-refractivity contribution is 5.62. The van der Waals surface area contributed by atoms with Gasteiger partial charge in [-0.2, -0.15) is 5.10 Å². The van der Waals surface area contributed by atoms with Gasteiger partial charge in [0.15, 0.2) is 11.6 Å². The van der Waals surface area contributed by atoms with E-state index in [4.69, 9.17) is 0 Å². The Morgan fingerprint density at radius 1 is 1.16 bits per heavy atom. The molecular weight excluding hydrogens is 312 g/mol. The molecule has 6 nitrogen and oxygen atoms in total. The molecule has 0 fully saturated rings. The average molecular weight is 336 g/mol. The van der Waals surface area contributed by atoms with Crippen LogP contribution >= 0.6 is 0 Å². The molecule has 1 N–H and O–H groups in total. The summed E-state index contributed by atoms with van der Waals surface area (Å²) >= 11 is 0. The number of pyridine rings is 1. The normalized spacial score (nSPS) is 11.1. The number of rotatable bonds is 6. The lowest BCUT2D eigenvalue weighted by Gasteiger charge is -2.11. The number of nitrogens with zero attached hydrogens (tertiary/aromatic N) is 5. The lowest BCUT2D eigenvalue weighted by molar-refractivity contribution is 0.488. The fourth-order valence-corrected chi connectivity index (χ4v) is 2.44. The van der Waals surface area contributed by atoms with Crippen LogP contribution in [0.2, 0.25) is 0 Å². The van der Waals surface area contributed by atoms with Crippen LogP contribution in [-0.2, 0) is 6.54 Å². The van der Waals surface area contributed by atoms with Crippen molar-refractivity contribution in [2.24, 2.45) is 5.92 Å². The third-order valence-corrected chi connectivity index (χ3v) is 4.13. The van der Waals surface area contributed by atoms with E-state index in [1.54, 1.807) is 12.4 Å². The molecule has 0 aliphatic rings. The molecule has 3 aromatic heterocycles. The first kappa shape index (κ1) is 17.1. The molecule has 3 heterocycles. The van der Waals surface area contributed by atoms with Crippen molar-refractivity contribution in [2.75, 3.05) is 5.32 Å². The summed E-state index contributed by atoms with van der Waals surface area (Å²) in [5.74, 6) is 2.90. The Balaban J connectivity index is 1.84. The third kappa shape index (κ3) is 4.21. The van der Waals surface area contributed by atoms with Gasteiger partial charge in [-0.25, -0.2) is 9.97 Å². The van der Waals surface area contributed by atoms with Crippen molar-refractivity contribution in [3.63, 3.8) is 0 Å². The molecule has 0 aliphatic heterocycles. The van der Waals surface area contributed by atoms with Crippen LogP contribution in [0.5, 0.6) is 0 Å². The maximum absolute atomic E-state index is 4.67. The number of anilines is 2. The highest BCUT2D eigenvalue weighted by Gasteiger charge is 2.11. The van der Waals surface area contributed by atoms with Crippen molar-refractivity contribution in [1.29, 1.82) is 0 Å². The molecule has 0 spiro atoms. The Labute approximate surface area is 148 Å². The highest BCUT2D eigenvalue weighted by atomic mass is 15.3. The van der Waals surface area contributed by atoms with Crippen LogP contribution in [0.15, 0.2) is 36.8 Å². The smallest absolute Gasteiger partial charge is 0.163 e. The van der Waals surface area contributed by atoms with Crippen LogP contribution in [0.3, 0.4) is 0 Å². The fourth-order valence-electron chi connectivity index (χ4n) is 2.44. The summed E-state index contributed by atoms with van der Waals surface area (Å²) in [6, 6.07) is 5.82. The lowest BCUT2D eigenvalue weighted by atomic mass is 10.1. The highest BCUT2D eigenvalue weighted by Crippen LogP contribution is 2.23. The molecule has 130 valence electrons. The van der Waals surface area contributed by atoms with Gasteiger partial charge >= 0.3 is 0 Å². The first-order valence-corrected chi connectivity index (χ1v) is 8.59. The van der Waals surface area contributed by atoms with Crippen molar-refractivity contribution >= 4 is 11.6 Å². The van der Waals surface area contributed by atoms with Gasteiger partial charge in [0.25, 0.3) is 0 Å². The molecular formula is C19H24N6. The van der Waals surface area contributed by atoms with Gasteiger partial charge in [-0.1, -0.05) is 13.8 Å². The molecule has 0 unspecified atom stereocenters. The molecule has 0 radical (unpaired) electrons. The number of hydrogen-bond donors (Lipinski definition) is 1. The largest absolute Gasteiger partial charge is 0.323 e. The summed E-state index contributed by atoms with van der Waals surface area (Å²) in [7, 11) is 0. The summed E-state index contributed by atoms with van der Waals surface area (Å²) in [6.07, 6.45) is 6.62. The molecule has 0 aliphatic carbocycles. The zero-order valence-electron chi connectivity index (χ0n) is 15.2. The molecule has 3 rings (SSSR count). The van der Waals surface area contributed by atoms with Crippen molar-refractivity contribution in [3.8, 4) is 11.4 Å². The van der Waals surface area contributed by atoms with Gasteiger partial charge in [-0.3, -0.25) is 9.67 Å². The number of nitrogens with one attached hydrogen (secondary N) is 1. The van der Waals surface area contributed by atoms with Gasteiger partial charge in [-0.15, -0.1) is 0 Å². The Bertz CT molecular complexity index is 838. The second kappa shape index (κ2) is 7.42. The van der Waals surface area contributed by atoms with E-state index >= 15 is 0 Å². The minimum absolute atomic E-state index is 0.661. The maximum atomic E-state index is 4.67. The number of aryl methyl sites for hydroxylation is 2. The summed E-state index contributed by atoms with van der Waals surface area (Å²) in [5, 5.41) is 7.91. The fraction of sp³-hybridized carbons (Fsp3) is 0.368. The van der Waals surface area contributed by atoms with Crippen LogP contribution in [0.25, 0.3) is 11.4 Å². The molecule has 0 bridgehead atoms. The van der Waals surface area contributed by atoms with Gasteiger partial charge in [0.2, 0.25) is 0 Å². The standard InChI is InChI=1S/C19H24N6/c1-13(2)7-10-25-11-8-17(24-25)22-18-14(3)15(4)21-19(23-18)16-6-5-9-20-12-16/h5-6,8-9,11-13H,7,10H2,1-4H3,(H,21,22,23,24). The van der Waals surface area contributed by atoms with Gasteiger partial charge in [0.1, 0.15) is 5.82 Å². The van der Waals surface area contributed by atoms with Crippen LogP contribution in [-0.4, -0.2) is 24.7 Å². The SMILES string of the molecule is Cc1nc(-c2cccnc2)nc(Nc2ccn(CCC(C)C)n2)c1C. The molecule has 0 saturated heterocycles. The molecule has 0 aromatic carbocycles. The summed E-state index contributed by atoms with van der Waals surface area (Å²) < 4.78 is 1.97. The van der Waals surface area contributed by atoms with E-state index in [-0.39, 0.29) is 0 Å². The van der Waals surface area contributed by atoms with E-state index in [1.165, 1.54) is 0 Å². The average Bonchev–Trinajstić information content (AvgIpc) is 3.05. The van der Waals surface area contributed by atoms with Gasteiger partial charge in [0, 0.05) is 48.0 Å². The molecule has 25 heavy (non-hydrogen) atoms. The van der Waals surface area contributed by atoms with E-state index in [1.807, 2.05) is 42.9 Å². The zero-order valence-corrected chi connectivity index (χ0v) is 15.2.